The maximum Gasteiger partial charge on any atom is 0.160 e. The van der Waals surface area contributed by atoms with Gasteiger partial charge in [0, 0.05) is 19.8 Å². The van der Waals surface area contributed by atoms with Crippen molar-refractivity contribution in [3.8, 4) is 0 Å². The van der Waals surface area contributed by atoms with Gasteiger partial charge in [-0.05, 0) is 56.2 Å². The maximum absolute atomic E-state index is 11.4. The van der Waals surface area contributed by atoms with Crippen LogP contribution in [0.2, 0.25) is 0 Å². The topological polar surface area (TPSA) is 17.1 Å². The van der Waals surface area contributed by atoms with E-state index in [0.717, 1.165) is 14.9 Å². The van der Waals surface area contributed by atoms with Gasteiger partial charge in [0.1, 0.15) is 0 Å². The van der Waals surface area contributed by atoms with E-state index in [1.807, 2.05) is 18.2 Å². The van der Waals surface area contributed by atoms with Crippen LogP contribution in [0, 0.1) is 13.8 Å². The van der Waals surface area contributed by atoms with E-state index in [-0.39, 0.29) is 5.78 Å². The summed E-state index contributed by atoms with van der Waals surface area (Å²) in [5.41, 5.74) is 3.25. The van der Waals surface area contributed by atoms with Gasteiger partial charge in [-0.2, -0.15) is 0 Å². The van der Waals surface area contributed by atoms with E-state index in [1.165, 1.54) is 16.0 Å². The second kappa shape index (κ2) is 5.93. The highest BCUT2D eigenvalue weighted by Crippen LogP contribution is 2.33. The largest absolute Gasteiger partial charge is 0.294 e. The van der Waals surface area contributed by atoms with Gasteiger partial charge in [0.15, 0.2) is 5.78 Å². The Morgan fingerprint density at radius 2 is 1.84 bits per heavy atom. The van der Waals surface area contributed by atoms with Crippen LogP contribution in [0.25, 0.3) is 0 Å². The first kappa shape index (κ1) is 14.4. The SMILES string of the molecule is CC(=O)c1ccc(Sc2cc(C)ccc2C)cc1Br. The Kier molecular flexibility index (Phi) is 4.48. The summed E-state index contributed by atoms with van der Waals surface area (Å²) in [7, 11) is 0. The number of carbonyl (C=O) groups excluding carboxylic acids is 1. The summed E-state index contributed by atoms with van der Waals surface area (Å²) in [5, 5.41) is 0. The van der Waals surface area contributed by atoms with Crippen molar-refractivity contribution in [3.05, 3.63) is 57.6 Å². The summed E-state index contributed by atoms with van der Waals surface area (Å²) in [6.07, 6.45) is 0. The third-order valence-corrected chi connectivity index (χ3v) is 4.70. The molecule has 0 saturated carbocycles. The fourth-order valence-corrected chi connectivity index (χ4v) is 3.64. The molecule has 3 heteroatoms. The molecular weight excluding hydrogens is 320 g/mol. The molecule has 0 saturated heterocycles. The van der Waals surface area contributed by atoms with Crippen molar-refractivity contribution in [2.45, 2.75) is 30.6 Å². The molecule has 98 valence electrons. The molecule has 0 atom stereocenters. The number of halogens is 1. The Hall–Kier alpha value is -1.06. The number of rotatable bonds is 3. The number of aryl methyl sites for hydroxylation is 2. The molecule has 0 unspecified atom stereocenters. The third-order valence-electron chi connectivity index (χ3n) is 2.89. The van der Waals surface area contributed by atoms with Crippen LogP contribution in [-0.4, -0.2) is 5.78 Å². The molecule has 0 bridgehead atoms. The molecule has 0 aliphatic rings. The zero-order valence-corrected chi connectivity index (χ0v) is 13.6. The summed E-state index contributed by atoms with van der Waals surface area (Å²) >= 11 is 5.18. The Labute approximate surface area is 126 Å². The van der Waals surface area contributed by atoms with Crippen molar-refractivity contribution in [1.29, 1.82) is 0 Å². The molecule has 2 aromatic rings. The fraction of sp³-hybridized carbons (Fsp3) is 0.188. The van der Waals surface area contributed by atoms with Crippen molar-refractivity contribution < 1.29 is 4.79 Å². The zero-order chi connectivity index (χ0) is 14.0. The van der Waals surface area contributed by atoms with Crippen LogP contribution in [-0.2, 0) is 0 Å². The molecule has 0 radical (unpaired) electrons. The second-order valence-electron chi connectivity index (χ2n) is 4.57. The van der Waals surface area contributed by atoms with Gasteiger partial charge < -0.3 is 0 Å². The van der Waals surface area contributed by atoms with Gasteiger partial charge in [-0.3, -0.25) is 4.79 Å². The molecular formula is C16H15BrOS. The van der Waals surface area contributed by atoms with Gasteiger partial charge in [0.25, 0.3) is 0 Å². The monoisotopic (exact) mass is 334 g/mol. The van der Waals surface area contributed by atoms with Crippen LogP contribution in [0.15, 0.2) is 50.7 Å². The van der Waals surface area contributed by atoms with Crippen molar-refractivity contribution in [2.24, 2.45) is 0 Å². The smallest absolute Gasteiger partial charge is 0.160 e. The Morgan fingerprint density at radius 3 is 2.47 bits per heavy atom. The number of hydrogen-bond acceptors (Lipinski definition) is 2. The van der Waals surface area contributed by atoms with E-state index in [1.54, 1.807) is 18.7 Å². The summed E-state index contributed by atoms with van der Waals surface area (Å²) in [5.74, 6) is 0.0789. The molecule has 0 N–H and O–H groups in total. The lowest BCUT2D eigenvalue weighted by Gasteiger charge is -2.08. The van der Waals surface area contributed by atoms with Crippen LogP contribution in [0.3, 0.4) is 0 Å². The van der Waals surface area contributed by atoms with Crippen LogP contribution in [0.4, 0.5) is 0 Å². The lowest BCUT2D eigenvalue weighted by Crippen LogP contribution is -1.93. The minimum absolute atomic E-state index is 0.0789. The van der Waals surface area contributed by atoms with Crippen LogP contribution in [0.5, 0.6) is 0 Å². The van der Waals surface area contributed by atoms with Crippen molar-refractivity contribution >= 4 is 33.5 Å². The van der Waals surface area contributed by atoms with E-state index in [2.05, 4.69) is 48.0 Å². The summed E-state index contributed by atoms with van der Waals surface area (Å²) < 4.78 is 0.857. The van der Waals surface area contributed by atoms with Gasteiger partial charge in [-0.25, -0.2) is 0 Å². The highest BCUT2D eigenvalue weighted by Gasteiger charge is 2.07. The quantitative estimate of drug-likeness (QED) is 0.697. The molecule has 0 heterocycles. The van der Waals surface area contributed by atoms with Gasteiger partial charge in [0.05, 0.1) is 0 Å². The van der Waals surface area contributed by atoms with Crippen molar-refractivity contribution in [3.63, 3.8) is 0 Å². The van der Waals surface area contributed by atoms with Gasteiger partial charge in [-0.15, -0.1) is 0 Å². The number of benzene rings is 2. The fourth-order valence-electron chi connectivity index (χ4n) is 1.79. The molecule has 2 rings (SSSR count). The number of ketones is 1. The highest BCUT2D eigenvalue weighted by atomic mass is 79.9. The molecule has 0 aliphatic heterocycles. The molecule has 0 fully saturated rings. The first-order valence-corrected chi connectivity index (χ1v) is 7.64. The number of hydrogen-bond donors (Lipinski definition) is 0. The molecule has 0 spiro atoms. The first-order chi connectivity index (χ1) is 8.97. The Balaban J connectivity index is 2.31. The minimum Gasteiger partial charge on any atom is -0.294 e. The highest BCUT2D eigenvalue weighted by molar-refractivity contribution is 9.10. The van der Waals surface area contributed by atoms with Crippen LogP contribution in [0.1, 0.15) is 28.4 Å². The molecule has 1 nitrogen and oxygen atoms in total. The Morgan fingerprint density at radius 1 is 1.11 bits per heavy atom. The normalized spacial score (nSPS) is 10.5. The second-order valence-corrected chi connectivity index (χ2v) is 6.54. The van der Waals surface area contributed by atoms with Crippen LogP contribution >= 0.6 is 27.7 Å². The zero-order valence-electron chi connectivity index (χ0n) is 11.2. The van der Waals surface area contributed by atoms with E-state index in [9.17, 15) is 4.79 Å². The van der Waals surface area contributed by atoms with E-state index in [4.69, 9.17) is 0 Å². The first-order valence-electron chi connectivity index (χ1n) is 6.03. The average molecular weight is 335 g/mol. The number of carbonyl (C=O) groups is 1. The van der Waals surface area contributed by atoms with Gasteiger partial charge in [0.2, 0.25) is 0 Å². The van der Waals surface area contributed by atoms with Crippen LogP contribution < -0.4 is 0 Å². The molecule has 0 amide bonds. The molecule has 19 heavy (non-hydrogen) atoms. The van der Waals surface area contributed by atoms with Gasteiger partial charge >= 0.3 is 0 Å². The third kappa shape index (κ3) is 3.48. The predicted octanol–water partition coefficient (Wildman–Crippen LogP) is 5.42. The van der Waals surface area contributed by atoms with Gasteiger partial charge in [-0.1, -0.05) is 39.8 Å². The molecule has 0 aromatic heterocycles. The summed E-state index contributed by atoms with van der Waals surface area (Å²) in [6, 6.07) is 12.3. The van der Waals surface area contributed by atoms with E-state index in [0.29, 0.717) is 0 Å². The predicted molar refractivity (Wildman–Crippen MR) is 84.2 cm³/mol. The van der Waals surface area contributed by atoms with Crippen molar-refractivity contribution in [2.75, 3.05) is 0 Å². The summed E-state index contributed by atoms with van der Waals surface area (Å²) in [6.45, 7) is 5.79. The van der Waals surface area contributed by atoms with E-state index >= 15 is 0 Å². The Bertz CT molecular complexity index is 635. The lowest BCUT2D eigenvalue weighted by molar-refractivity contribution is 0.101. The lowest BCUT2D eigenvalue weighted by atomic mass is 10.1. The average Bonchev–Trinajstić information content (AvgIpc) is 2.33. The standard InChI is InChI=1S/C16H15BrOS/c1-10-4-5-11(2)16(8-10)19-13-6-7-14(12(3)18)15(17)9-13/h4-9H,1-3H3. The van der Waals surface area contributed by atoms with Crippen molar-refractivity contribution in [1.82, 2.24) is 0 Å². The van der Waals surface area contributed by atoms with E-state index < -0.39 is 0 Å². The maximum atomic E-state index is 11.4. The molecule has 2 aromatic carbocycles. The number of Topliss-reactive ketones (excluding diaryl/α,β-unsaturated/α-hetero) is 1. The molecule has 0 aliphatic carbocycles. The minimum atomic E-state index is 0.0789. The summed E-state index contributed by atoms with van der Waals surface area (Å²) in [4.78, 5) is 13.8.